The molecule has 24 heavy (non-hydrogen) atoms. The lowest BCUT2D eigenvalue weighted by molar-refractivity contribution is 0.0951. The van der Waals surface area contributed by atoms with Crippen molar-refractivity contribution in [3.63, 3.8) is 0 Å². The third kappa shape index (κ3) is 4.81. The first-order valence-corrected chi connectivity index (χ1v) is 8.68. The van der Waals surface area contributed by atoms with Crippen molar-refractivity contribution in [3.8, 4) is 11.4 Å². The van der Waals surface area contributed by atoms with Gasteiger partial charge in [0.05, 0.1) is 23.1 Å². The molecular weight excluding hydrogens is 304 g/mol. The molecule has 1 heterocycles. The maximum atomic E-state index is 12.1. The first-order chi connectivity index (χ1) is 11.7. The molecule has 0 bridgehead atoms. The van der Waals surface area contributed by atoms with E-state index in [2.05, 4.69) is 22.6 Å². The van der Waals surface area contributed by atoms with Crippen LogP contribution in [-0.2, 0) is 6.42 Å². The van der Waals surface area contributed by atoms with Gasteiger partial charge in [-0.15, -0.1) is 5.10 Å². The molecule has 0 unspecified atom stereocenters. The van der Waals surface area contributed by atoms with Crippen molar-refractivity contribution in [3.05, 3.63) is 35.7 Å². The molecule has 130 valence electrons. The minimum absolute atomic E-state index is 0.0349. The molecule has 0 aliphatic rings. The van der Waals surface area contributed by atoms with E-state index in [0.717, 1.165) is 25.0 Å². The van der Waals surface area contributed by atoms with E-state index in [1.807, 2.05) is 13.1 Å². The van der Waals surface area contributed by atoms with Crippen molar-refractivity contribution in [1.29, 1.82) is 0 Å². The van der Waals surface area contributed by atoms with Gasteiger partial charge >= 0.3 is 0 Å². The number of phenolic OH excluding ortho intramolecular Hbond substituents is 1. The molecule has 0 saturated heterocycles. The van der Waals surface area contributed by atoms with Crippen molar-refractivity contribution in [2.45, 2.75) is 52.4 Å². The van der Waals surface area contributed by atoms with E-state index < -0.39 is 0 Å². The zero-order valence-corrected chi connectivity index (χ0v) is 14.5. The summed E-state index contributed by atoms with van der Waals surface area (Å²) in [6, 6.07) is 4.87. The Morgan fingerprint density at radius 2 is 2.04 bits per heavy atom. The van der Waals surface area contributed by atoms with E-state index >= 15 is 0 Å². The van der Waals surface area contributed by atoms with Gasteiger partial charge in [0.25, 0.3) is 5.91 Å². The van der Waals surface area contributed by atoms with Crippen molar-refractivity contribution in [1.82, 2.24) is 20.3 Å². The normalized spacial score (nSPS) is 10.8. The van der Waals surface area contributed by atoms with Crippen molar-refractivity contribution >= 4 is 5.91 Å². The van der Waals surface area contributed by atoms with Crippen molar-refractivity contribution < 1.29 is 9.90 Å². The number of hydrogen-bond acceptors (Lipinski definition) is 4. The van der Waals surface area contributed by atoms with E-state index in [1.165, 1.54) is 25.3 Å². The minimum atomic E-state index is -0.281. The molecule has 0 saturated carbocycles. The molecule has 6 nitrogen and oxygen atoms in total. The Kier molecular flexibility index (Phi) is 6.78. The summed E-state index contributed by atoms with van der Waals surface area (Å²) >= 11 is 0. The van der Waals surface area contributed by atoms with Gasteiger partial charge in [-0.2, -0.15) is 0 Å². The van der Waals surface area contributed by atoms with Crippen LogP contribution in [-0.4, -0.2) is 32.6 Å². The number of amides is 1. The monoisotopic (exact) mass is 330 g/mol. The maximum Gasteiger partial charge on any atom is 0.255 e. The minimum Gasteiger partial charge on any atom is -0.507 e. The van der Waals surface area contributed by atoms with E-state index in [0.29, 0.717) is 12.2 Å². The highest BCUT2D eigenvalue weighted by Crippen LogP contribution is 2.20. The Bertz CT molecular complexity index is 667. The maximum absolute atomic E-state index is 12.1. The number of rotatable bonds is 9. The Labute approximate surface area is 142 Å². The topological polar surface area (TPSA) is 80.0 Å². The van der Waals surface area contributed by atoms with Crippen LogP contribution in [0.1, 0.15) is 62.0 Å². The molecule has 2 aromatic rings. The summed E-state index contributed by atoms with van der Waals surface area (Å²) < 4.78 is 1.64. The molecule has 2 rings (SSSR count). The molecule has 0 atom stereocenters. The van der Waals surface area contributed by atoms with Crippen LogP contribution < -0.4 is 5.32 Å². The number of benzene rings is 1. The largest absolute Gasteiger partial charge is 0.507 e. The molecule has 2 N–H and O–H groups in total. The van der Waals surface area contributed by atoms with Crippen LogP contribution in [0.5, 0.6) is 5.75 Å². The van der Waals surface area contributed by atoms with Crippen LogP contribution in [0.4, 0.5) is 0 Å². The first kappa shape index (κ1) is 18.0. The molecule has 0 fully saturated rings. The van der Waals surface area contributed by atoms with Gasteiger partial charge in [-0.25, -0.2) is 4.68 Å². The van der Waals surface area contributed by atoms with E-state index in [9.17, 15) is 9.90 Å². The highest BCUT2D eigenvalue weighted by molar-refractivity contribution is 5.97. The van der Waals surface area contributed by atoms with Crippen molar-refractivity contribution in [2.24, 2.45) is 0 Å². The summed E-state index contributed by atoms with van der Waals surface area (Å²) in [6.07, 6.45) is 8.38. The third-order valence-electron chi connectivity index (χ3n) is 3.85. The lowest BCUT2D eigenvalue weighted by atomic mass is 10.1. The van der Waals surface area contributed by atoms with Gasteiger partial charge in [0.2, 0.25) is 0 Å². The van der Waals surface area contributed by atoms with Gasteiger partial charge < -0.3 is 10.4 Å². The SMILES string of the molecule is CCCCCCc1cn(-c2ccc(O)c(C(=O)NCCC)c2)nn1. The van der Waals surface area contributed by atoms with Crippen LogP contribution in [0.15, 0.2) is 24.4 Å². The molecule has 6 heteroatoms. The van der Waals surface area contributed by atoms with E-state index in [4.69, 9.17) is 0 Å². The number of hydrogen-bond donors (Lipinski definition) is 2. The van der Waals surface area contributed by atoms with Crippen molar-refractivity contribution in [2.75, 3.05) is 6.54 Å². The summed E-state index contributed by atoms with van der Waals surface area (Å²) in [5, 5.41) is 21.0. The number of carbonyl (C=O) groups is 1. The lowest BCUT2D eigenvalue weighted by Gasteiger charge is -2.08. The molecular formula is C18H26N4O2. The van der Waals surface area contributed by atoms with Crippen LogP contribution in [0.25, 0.3) is 5.69 Å². The fraction of sp³-hybridized carbons (Fsp3) is 0.500. The predicted molar refractivity (Wildman–Crippen MR) is 93.5 cm³/mol. The highest BCUT2D eigenvalue weighted by atomic mass is 16.3. The number of nitrogens with one attached hydrogen (secondary N) is 1. The van der Waals surface area contributed by atoms with Gasteiger partial charge in [-0.05, 0) is 37.5 Å². The molecule has 0 aliphatic heterocycles. The Morgan fingerprint density at radius 1 is 1.21 bits per heavy atom. The summed E-state index contributed by atoms with van der Waals surface area (Å²) in [7, 11) is 0. The zero-order chi connectivity index (χ0) is 17.4. The third-order valence-corrected chi connectivity index (χ3v) is 3.85. The van der Waals surface area contributed by atoms with Crippen LogP contribution in [0.2, 0.25) is 0 Å². The number of phenols is 1. The summed E-state index contributed by atoms with van der Waals surface area (Å²) in [4.78, 5) is 12.1. The smallest absolute Gasteiger partial charge is 0.255 e. The van der Waals surface area contributed by atoms with Gasteiger partial charge in [0, 0.05) is 6.54 Å². The fourth-order valence-electron chi connectivity index (χ4n) is 2.45. The number of nitrogens with zero attached hydrogens (tertiary/aromatic N) is 3. The van der Waals surface area contributed by atoms with E-state index in [1.54, 1.807) is 16.8 Å². The quantitative estimate of drug-likeness (QED) is 0.692. The first-order valence-electron chi connectivity index (χ1n) is 8.68. The number of aromatic nitrogens is 3. The second kappa shape index (κ2) is 9.05. The average molecular weight is 330 g/mol. The molecule has 1 aromatic carbocycles. The number of carbonyl (C=O) groups excluding carboxylic acids is 1. The summed E-state index contributed by atoms with van der Waals surface area (Å²) in [5.74, 6) is -0.316. The predicted octanol–water partition coefficient (Wildman–Crippen LogP) is 3.24. The molecule has 0 radical (unpaired) electrons. The Balaban J connectivity index is 2.09. The number of unbranched alkanes of at least 4 members (excludes halogenated alkanes) is 3. The van der Waals surface area contributed by atoms with Gasteiger partial charge in [0.15, 0.2) is 0 Å². The van der Waals surface area contributed by atoms with Gasteiger partial charge in [0.1, 0.15) is 5.75 Å². The Hall–Kier alpha value is -2.37. The molecule has 1 aromatic heterocycles. The lowest BCUT2D eigenvalue weighted by Crippen LogP contribution is -2.24. The second-order valence-corrected chi connectivity index (χ2v) is 5.92. The number of aromatic hydroxyl groups is 1. The standard InChI is InChI=1S/C18H26N4O2/c1-3-5-6-7-8-14-13-22(21-20-14)15-9-10-17(23)16(12-15)18(24)19-11-4-2/h9-10,12-13,23H,3-8,11H2,1-2H3,(H,19,24). The van der Waals surface area contributed by atoms with E-state index in [-0.39, 0.29) is 17.2 Å². The second-order valence-electron chi connectivity index (χ2n) is 5.92. The fourth-order valence-corrected chi connectivity index (χ4v) is 2.45. The Morgan fingerprint density at radius 3 is 2.79 bits per heavy atom. The van der Waals surface area contributed by atoms with Gasteiger partial charge in [-0.1, -0.05) is 38.3 Å². The summed E-state index contributed by atoms with van der Waals surface area (Å²) in [5.41, 5.74) is 1.90. The molecule has 1 amide bonds. The van der Waals surface area contributed by atoms with Gasteiger partial charge in [-0.3, -0.25) is 4.79 Å². The number of aryl methyl sites for hydroxylation is 1. The molecule has 0 aliphatic carbocycles. The zero-order valence-electron chi connectivity index (χ0n) is 14.5. The van der Waals surface area contributed by atoms with Crippen LogP contribution in [0, 0.1) is 0 Å². The molecule has 0 spiro atoms. The highest BCUT2D eigenvalue weighted by Gasteiger charge is 2.13. The average Bonchev–Trinajstić information content (AvgIpc) is 3.06. The van der Waals surface area contributed by atoms with Crippen LogP contribution >= 0.6 is 0 Å². The van der Waals surface area contributed by atoms with Crippen LogP contribution in [0.3, 0.4) is 0 Å². The summed E-state index contributed by atoms with van der Waals surface area (Å²) in [6.45, 7) is 4.75.